The van der Waals surface area contributed by atoms with Crippen molar-refractivity contribution in [3.8, 4) is 0 Å². The molecule has 0 aromatic heterocycles. The van der Waals surface area contributed by atoms with E-state index in [0.29, 0.717) is 5.56 Å². The van der Waals surface area contributed by atoms with E-state index >= 15 is 0 Å². The number of likely N-dealkylation sites (tertiary alicyclic amines) is 1. The van der Waals surface area contributed by atoms with Gasteiger partial charge in [0.1, 0.15) is 24.2 Å². The number of piperidine rings is 1. The fourth-order valence-electron chi connectivity index (χ4n) is 6.39. The van der Waals surface area contributed by atoms with E-state index in [1.165, 1.54) is 17.0 Å². The van der Waals surface area contributed by atoms with Crippen LogP contribution in [0.1, 0.15) is 70.8 Å². The van der Waals surface area contributed by atoms with Crippen LogP contribution in [0, 0.1) is 28.6 Å². The molecule has 3 rings (SSSR count). The molecule has 48 heavy (non-hydrogen) atoms. The lowest BCUT2D eigenvalue weighted by molar-refractivity contribution is -0.144. The molecule has 1 aliphatic carbocycles. The summed E-state index contributed by atoms with van der Waals surface area (Å²) in [5.41, 5.74) is -0.423. The maximum Gasteiger partial charge on any atom is 0.335 e. The first-order chi connectivity index (χ1) is 22.2. The summed E-state index contributed by atoms with van der Waals surface area (Å²) < 4.78 is 27.2. The SMILES string of the molecule is CC(C)[C@H](NC(=O)N[C@H](C(=O)N1CC2C([C@H]1C(=O)N[C@@H](CC(F)F)C(=O)NCCc1ccc(C(=O)O)cc1)C2(C)C)C(C)(C)C)C(=O)O. The van der Waals surface area contributed by atoms with Crippen molar-refractivity contribution in [1.29, 1.82) is 0 Å². The molecule has 1 aliphatic heterocycles. The van der Waals surface area contributed by atoms with Crippen molar-refractivity contribution >= 4 is 35.7 Å². The predicted octanol–water partition coefficient (Wildman–Crippen LogP) is 2.49. The van der Waals surface area contributed by atoms with E-state index in [1.54, 1.807) is 46.8 Å². The molecular formula is C33H47F2N5O8. The molecule has 0 bridgehead atoms. The van der Waals surface area contributed by atoms with Gasteiger partial charge in [-0.3, -0.25) is 14.4 Å². The Morgan fingerprint density at radius 1 is 0.979 bits per heavy atom. The van der Waals surface area contributed by atoms with Gasteiger partial charge in [0.15, 0.2) is 0 Å². The van der Waals surface area contributed by atoms with Crippen molar-refractivity contribution in [3.63, 3.8) is 0 Å². The third-order valence-corrected chi connectivity index (χ3v) is 9.33. The summed E-state index contributed by atoms with van der Waals surface area (Å²) in [7, 11) is 0. The molecule has 6 atom stereocenters. The molecule has 1 aromatic rings. The van der Waals surface area contributed by atoms with Crippen molar-refractivity contribution < 1.29 is 47.8 Å². The number of nitrogens with zero attached hydrogens (tertiary/aromatic N) is 1. The summed E-state index contributed by atoms with van der Waals surface area (Å²) in [4.78, 5) is 77.8. The zero-order valence-corrected chi connectivity index (χ0v) is 28.3. The molecule has 15 heteroatoms. The molecule has 1 heterocycles. The number of fused-ring (bicyclic) bond motifs is 1. The summed E-state index contributed by atoms with van der Waals surface area (Å²) in [5.74, 6) is -5.38. The number of carbonyl (C=O) groups excluding carboxylic acids is 4. The van der Waals surface area contributed by atoms with Gasteiger partial charge in [0.05, 0.1) is 5.56 Å². The number of nitrogens with one attached hydrogen (secondary N) is 4. The zero-order chi connectivity index (χ0) is 36.3. The lowest BCUT2D eigenvalue weighted by Gasteiger charge is -2.38. The fraction of sp³-hybridized carbons (Fsp3) is 0.636. The smallest absolute Gasteiger partial charge is 0.335 e. The van der Waals surface area contributed by atoms with E-state index in [-0.39, 0.29) is 42.3 Å². The third-order valence-electron chi connectivity index (χ3n) is 9.33. The van der Waals surface area contributed by atoms with Gasteiger partial charge in [0.25, 0.3) is 0 Å². The highest BCUT2D eigenvalue weighted by atomic mass is 19.3. The second-order valence-electron chi connectivity index (χ2n) is 14.6. The van der Waals surface area contributed by atoms with Gasteiger partial charge < -0.3 is 36.4 Å². The number of carboxylic acids is 2. The van der Waals surface area contributed by atoms with E-state index < -0.39 is 84.0 Å². The molecule has 2 aliphatic rings. The van der Waals surface area contributed by atoms with Crippen LogP contribution in [-0.2, 0) is 25.6 Å². The maximum atomic E-state index is 14.1. The number of urea groups is 1. The average molecular weight is 680 g/mol. The van der Waals surface area contributed by atoms with E-state index in [4.69, 9.17) is 5.11 Å². The first-order valence-corrected chi connectivity index (χ1v) is 16.0. The minimum absolute atomic E-state index is 0.0349. The Hall–Kier alpha value is -4.30. The normalized spacial score (nSPS) is 21.5. The van der Waals surface area contributed by atoms with Crippen molar-refractivity contribution in [1.82, 2.24) is 26.2 Å². The largest absolute Gasteiger partial charge is 0.480 e. The van der Waals surface area contributed by atoms with Gasteiger partial charge in [-0.25, -0.2) is 23.2 Å². The summed E-state index contributed by atoms with van der Waals surface area (Å²) in [6, 6.07) is -0.00383. The second-order valence-corrected chi connectivity index (χ2v) is 14.6. The Morgan fingerprint density at radius 3 is 2.08 bits per heavy atom. The van der Waals surface area contributed by atoms with Gasteiger partial charge in [0, 0.05) is 19.5 Å². The summed E-state index contributed by atoms with van der Waals surface area (Å²) in [6.45, 7) is 12.4. The van der Waals surface area contributed by atoms with Crippen molar-refractivity contribution in [2.75, 3.05) is 13.1 Å². The number of amides is 5. The van der Waals surface area contributed by atoms with E-state index in [9.17, 15) is 42.7 Å². The molecule has 0 radical (unpaired) electrons. The molecule has 2 fully saturated rings. The number of benzene rings is 1. The predicted molar refractivity (Wildman–Crippen MR) is 170 cm³/mol. The Morgan fingerprint density at radius 2 is 1.58 bits per heavy atom. The minimum atomic E-state index is -2.93. The number of rotatable bonds is 14. The van der Waals surface area contributed by atoms with Gasteiger partial charge in [0.2, 0.25) is 24.1 Å². The Labute approximate surface area is 278 Å². The van der Waals surface area contributed by atoms with Crippen molar-refractivity contribution in [2.45, 2.75) is 91.9 Å². The van der Waals surface area contributed by atoms with Gasteiger partial charge in [-0.2, -0.15) is 0 Å². The van der Waals surface area contributed by atoms with E-state index in [2.05, 4.69) is 21.3 Å². The van der Waals surface area contributed by atoms with Gasteiger partial charge >= 0.3 is 18.0 Å². The first-order valence-electron chi connectivity index (χ1n) is 16.0. The van der Waals surface area contributed by atoms with E-state index in [1.807, 2.05) is 13.8 Å². The molecule has 5 amide bonds. The van der Waals surface area contributed by atoms with Gasteiger partial charge in [-0.05, 0) is 52.7 Å². The number of alkyl halides is 2. The van der Waals surface area contributed by atoms with Gasteiger partial charge in [-0.15, -0.1) is 0 Å². The highest BCUT2D eigenvalue weighted by molar-refractivity contribution is 5.96. The van der Waals surface area contributed by atoms with E-state index in [0.717, 1.165) is 0 Å². The minimum Gasteiger partial charge on any atom is -0.480 e. The lowest BCUT2D eigenvalue weighted by Crippen LogP contribution is -2.62. The third kappa shape index (κ3) is 8.98. The van der Waals surface area contributed by atoms with Crippen LogP contribution in [0.4, 0.5) is 13.6 Å². The highest BCUT2D eigenvalue weighted by Crippen LogP contribution is 2.65. The van der Waals surface area contributed by atoms with Crippen LogP contribution in [-0.4, -0.2) is 94.5 Å². The van der Waals surface area contributed by atoms with Crippen LogP contribution < -0.4 is 21.3 Å². The topological polar surface area (TPSA) is 194 Å². The van der Waals surface area contributed by atoms with Crippen LogP contribution in [0.15, 0.2) is 24.3 Å². The molecule has 1 saturated carbocycles. The number of carboxylic acid groups (broad SMARTS) is 2. The number of hydrogen-bond donors (Lipinski definition) is 6. The number of hydrogen-bond acceptors (Lipinski definition) is 6. The number of carbonyl (C=O) groups is 6. The molecule has 0 spiro atoms. The summed E-state index contributed by atoms with van der Waals surface area (Å²) in [6.07, 6.45) is -3.61. The molecule has 266 valence electrons. The summed E-state index contributed by atoms with van der Waals surface area (Å²) >= 11 is 0. The molecule has 1 aromatic carbocycles. The molecule has 2 unspecified atom stereocenters. The van der Waals surface area contributed by atoms with Crippen molar-refractivity contribution in [2.24, 2.45) is 28.6 Å². The Kier molecular flexibility index (Phi) is 11.8. The Balaban J connectivity index is 1.76. The average Bonchev–Trinajstić information content (AvgIpc) is 3.28. The zero-order valence-electron chi connectivity index (χ0n) is 28.3. The van der Waals surface area contributed by atoms with Crippen LogP contribution in [0.2, 0.25) is 0 Å². The molecular weight excluding hydrogens is 632 g/mol. The van der Waals surface area contributed by atoms with Crippen molar-refractivity contribution in [3.05, 3.63) is 35.4 Å². The number of halogens is 2. The quantitative estimate of drug-likeness (QED) is 0.173. The molecule has 1 saturated heterocycles. The number of aromatic carboxylic acids is 1. The molecule has 13 nitrogen and oxygen atoms in total. The second kappa shape index (κ2) is 14.9. The maximum absolute atomic E-state index is 14.1. The monoisotopic (exact) mass is 679 g/mol. The Bertz CT molecular complexity index is 1400. The lowest BCUT2D eigenvalue weighted by atomic mass is 9.85. The van der Waals surface area contributed by atoms with Gasteiger partial charge in [-0.1, -0.05) is 60.6 Å². The van der Waals surface area contributed by atoms with Crippen LogP contribution >= 0.6 is 0 Å². The summed E-state index contributed by atoms with van der Waals surface area (Å²) in [5, 5.41) is 28.5. The fourth-order valence-corrected chi connectivity index (χ4v) is 6.39. The first kappa shape index (κ1) is 38.2. The van der Waals surface area contributed by atoms with Crippen LogP contribution in [0.5, 0.6) is 0 Å². The highest BCUT2D eigenvalue weighted by Gasteiger charge is 2.70. The standard InChI is InChI=1S/C33H47F2N5O8/c1-16(2)23(30(46)47)38-31(48)39-25(32(3,4)5)28(43)40-15-19-22(33(19,6)7)24(40)27(42)37-20(14-21(34)35)26(41)36-13-12-17-8-10-18(11-9-17)29(44)45/h8-11,16,19-25H,12-15H2,1-7H3,(H,36,41)(H,37,42)(H,44,45)(H,46,47)(H2,38,39,48)/t19?,20-,22?,23-,24-,25+/m0/s1. The molecule has 6 N–H and O–H groups in total. The van der Waals surface area contributed by atoms with Crippen LogP contribution in [0.3, 0.4) is 0 Å². The number of aliphatic carboxylic acids is 1. The van der Waals surface area contributed by atoms with Crippen LogP contribution in [0.25, 0.3) is 0 Å².